The van der Waals surface area contributed by atoms with Crippen molar-refractivity contribution in [2.75, 3.05) is 25.6 Å². The van der Waals surface area contributed by atoms with Crippen LogP contribution in [0.4, 0.5) is 11.4 Å². The summed E-state index contributed by atoms with van der Waals surface area (Å²) in [6, 6.07) is 10.4. The van der Waals surface area contributed by atoms with Gasteiger partial charge in [-0.25, -0.2) is 4.79 Å². The third kappa shape index (κ3) is 7.02. The second-order valence-electron chi connectivity index (χ2n) is 5.77. The number of nitriles is 1. The molecule has 0 unspecified atom stereocenters. The van der Waals surface area contributed by atoms with Crippen LogP contribution >= 0.6 is 11.6 Å². The van der Waals surface area contributed by atoms with Gasteiger partial charge in [-0.3, -0.25) is 14.9 Å². The summed E-state index contributed by atoms with van der Waals surface area (Å²) in [5, 5.41) is 21.7. The molecule has 0 fully saturated rings. The Hall–Kier alpha value is -4.10. The third-order valence-electron chi connectivity index (χ3n) is 3.66. The normalized spacial score (nSPS) is 10.2. The summed E-state index contributed by atoms with van der Waals surface area (Å²) in [5.74, 6) is -0.704. The van der Waals surface area contributed by atoms with Gasteiger partial charge in [0.25, 0.3) is 11.6 Å². The molecule has 0 radical (unpaired) electrons. The van der Waals surface area contributed by atoms with Crippen molar-refractivity contribution in [3.8, 4) is 17.6 Å². The fraction of sp³-hybridized carbons (Fsp3) is 0.150. The SMILES string of the molecule is COc1cc(/C=C/C(=O)OCC(=O)Nc2ccc(Cl)c([N+](=O)[O-])c2)ccc1OCC#N. The van der Waals surface area contributed by atoms with Crippen molar-refractivity contribution < 1.29 is 28.7 Å². The summed E-state index contributed by atoms with van der Waals surface area (Å²) in [4.78, 5) is 33.9. The van der Waals surface area contributed by atoms with E-state index in [-0.39, 0.29) is 23.0 Å². The fourth-order valence-electron chi connectivity index (χ4n) is 2.29. The molecule has 1 N–H and O–H groups in total. The molecule has 10 nitrogen and oxygen atoms in total. The molecule has 2 aromatic carbocycles. The van der Waals surface area contributed by atoms with Gasteiger partial charge >= 0.3 is 5.97 Å². The van der Waals surface area contributed by atoms with E-state index in [9.17, 15) is 19.7 Å². The lowest BCUT2D eigenvalue weighted by Gasteiger charge is -2.08. The van der Waals surface area contributed by atoms with Crippen LogP contribution in [0.5, 0.6) is 11.5 Å². The molecule has 0 saturated heterocycles. The number of amides is 1. The summed E-state index contributed by atoms with van der Waals surface area (Å²) in [7, 11) is 1.43. The predicted molar refractivity (Wildman–Crippen MR) is 111 cm³/mol. The molecule has 0 aliphatic carbocycles. The highest BCUT2D eigenvalue weighted by atomic mass is 35.5. The number of ether oxygens (including phenoxy) is 3. The zero-order valence-corrected chi connectivity index (χ0v) is 16.9. The topological polar surface area (TPSA) is 141 Å². The van der Waals surface area contributed by atoms with Crippen molar-refractivity contribution in [3.63, 3.8) is 0 Å². The third-order valence-corrected chi connectivity index (χ3v) is 3.98. The lowest BCUT2D eigenvalue weighted by Crippen LogP contribution is -2.20. The fourth-order valence-corrected chi connectivity index (χ4v) is 2.48. The maximum Gasteiger partial charge on any atom is 0.331 e. The number of benzene rings is 2. The van der Waals surface area contributed by atoms with Gasteiger partial charge < -0.3 is 19.5 Å². The highest BCUT2D eigenvalue weighted by molar-refractivity contribution is 6.32. The number of halogens is 1. The lowest BCUT2D eigenvalue weighted by atomic mass is 10.2. The molecule has 160 valence electrons. The van der Waals surface area contributed by atoms with Crippen LogP contribution in [0.15, 0.2) is 42.5 Å². The number of nitrogens with zero attached hydrogens (tertiary/aromatic N) is 2. The summed E-state index contributed by atoms with van der Waals surface area (Å²) in [6.45, 7) is -0.729. The molecule has 0 bridgehead atoms. The maximum absolute atomic E-state index is 11.9. The van der Waals surface area contributed by atoms with Gasteiger partial charge in [0, 0.05) is 17.8 Å². The Balaban J connectivity index is 1.91. The second kappa shape index (κ2) is 11.2. The number of carbonyl (C=O) groups excluding carboxylic acids is 2. The quantitative estimate of drug-likeness (QED) is 0.268. The van der Waals surface area contributed by atoms with E-state index in [4.69, 9.17) is 31.1 Å². The van der Waals surface area contributed by atoms with Crippen LogP contribution < -0.4 is 14.8 Å². The number of esters is 1. The minimum absolute atomic E-state index is 0.0687. The van der Waals surface area contributed by atoms with Crippen molar-refractivity contribution >= 4 is 40.9 Å². The van der Waals surface area contributed by atoms with Gasteiger partial charge in [-0.05, 0) is 35.9 Å². The zero-order valence-electron chi connectivity index (χ0n) is 16.2. The molecule has 0 spiro atoms. The Morgan fingerprint density at radius 3 is 2.71 bits per heavy atom. The first-order valence-electron chi connectivity index (χ1n) is 8.60. The van der Waals surface area contributed by atoms with Gasteiger partial charge in [0.1, 0.15) is 11.1 Å². The Morgan fingerprint density at radius 1 is 1.26 bits per heavy atom. The highest BCUT2D eigenvalue weighted by Crippen LogP contribution is 2.29. The summed E-state index contributed by atoms with van der Waals surface area (Å²) >= 11 is 5.71. The molecule has 1 amide bonds. The Morgan fingerprint density at radius 2 is 2.03 bits per heavy atom. The Bertz CT molecular complexity index is 1060. The molecule has 0 aliphatic rings. The van der Waals surface area contributed by atoms with Crippen molar-refractivity contribution in [2.45, 2.75) is 0 Å². The van der Waals surface area contributed by atoms with Gasteiger partial charge in [0.05, 0.1) is 12.0 Å². The molecule has 0 saturated carbocycles. The van der Waals surface area contributed by atoms with E-state index >= 15 is 0 Å². The minimum Gasteiger partial charge on any atom is -0.493 e. The van der Waals surface area contributed by atoms with Crippen LogP contribution in [0.2, 0.25) is 5.02 Å². The average Bonchev–Trinajstić information content (AvgIpc) is 2.76. The van der Waals surface area contributed by atoms with Gasteiger partial charge in [-0.2, -0.15) is 5.26 Å². The van der Waals surface area contributed by atoms with E-state index in [1.165, 1.54) is 25.3 Å². The average molecular weight is 446 g/mol. The van der Waals surface area contributed by atoms with Gasteiger partial charge in [-0.1, -0.05) is 17.7 Å². The first-order chi connectivity index (χ1) is 14.8. The molecule has 0 aromatic heterocycles. The van der Waals surface area contributed by atoms with Gasteiger partial charge in [-0.15, -0.1) is 0 Å². The molecule has 31 heavy (non-hydrogen) atoms. The standard InChI is InChI=1S/C20H16ClN3O7/c1-29-18-10-13(2-6-17(18)30-9-8-22)3-7-20(26)31-12-19(25)23-14-4-5-15(21)16(11-14)24(27)28/h2-7,10-11H,9,12H2,1H3,(H,23,25)/b7-3+. The first-order valence-corrected chi connectivity index (χ1v) is 8.98. The first kappa shape index (κ1) is 23.2. The van der Waals surface area contributed by atoms with E-state index in [2.05, 4.69) is 5.32 Å². The smallest absolute Gasteiger partial charge is 0.331 e. The van der Waals surface area contributed by atoms with Crippen LogP contribution in [0.25, 0.3) is 6.08 Å². The number of hydrogen-bond acceptors (Lipinski definition) is 8. The zero-order chi connectivity index (χ0) is 22.8. The van der Waals surface area contributed by atoms with Crippen molar-refractivity contribution in [3.05, 3.63) is 63.2 Å². The highest BCUT2D eigenvalue weighted by Gasteiger charge is 2.14. The number of nitrogens with one attached hydrogen (secondary N) is 1. The molecule has 0 atom stereocenters. The van der Waals surface area contributed by atoms with E-state index in [0.717, 1.165) is 12.1 Å². The van der Waals surface area contributed by atoms with Crippen LogP contribution in [0, 0.1) is 21.4 Å². The van der Waals surface area contributed by atoms with E-state index in [1.54, 1.807) is 18.2 Å². The van der Waals surface area contributed by atoms with Crippen molar-refractivity contribution in [1.82, 2.24) is 0 Å². The van der Waals surface area contributed by atoms with E-state index in [1.807, 2.05) is 6.07 Å². The van der Waals surface area contributed by atoms with Gasteiger partial charge in [0.15, 0.2) is 24.7 Å². The summed E-state index contributed by atoms with van der Waals surface area (Å²) < 4.78 is 15.2. The van der Waals surface area contributed by atoms with Crippen LogP contribution in [0.1, 0.15) is 5.56 Å². The summed E-state index contributed by atoms with van der Waals surface area (Å²) in [5.41, 5.74) is 0.369. The summed E-state index contributed by atoms with van der Waals surface area (Å²) in [6.07, 6.45) is 2.56. The maximum atomic E-state index is 11.9. The molecular weight excluding hydrogens is 430 g/mol. The van der Waals surface area contributed by atoms with Crippen molar-refractivity contribution in [2.24, 2.45) is 0 Å². The predicted octanol–water partition coefficient (Wildman–Crippen LogP) is 3.35. The lowest BCUT2D eigenvalue weighted by molar-refractivity contribution is -0.384. The molecule has 0 aliphatic heterocycles. The van der Waals surface area contributed by atoms with Crippen LogP contribution in [0.3, 0.4) is 0 Å². The number of methoxy groups -OCH3 is 1. The molecular formula is C20H16ClN3O7. The van der Waals surface area contributed by atoms with Gasteiger partial charge in [0.2, 0.25) is 0 Å². The number of nitro groups is 1. The van der Waals surface area contributed by atoms with E-state index in [0.29, 0.717) is 17.1 Å². The Labute approximate surface area is 181 Å². The number of hydrogen-bond donors (Lipinski definition) is 1. The molecule has 2 rings (SSSR count). The molecule has 2 aromatic rings. The monoisotopic (exact) mass is 445 g/mol. The number of carbonyl (C=O) groups is 2. The number of anilines is 1. The minimum atomic E-state index is -0.777. The second-order valence-corrected chi connectivity index (χ2v) is 6.18. The number of nitro benzene ring substituents is 1. The largest absolute Gasteiger partial charge is 0.493 e. The number of rotatable bonds is 9. The van der Waals surface area contributed by atoms with Crippen LogP contribution in [-0.2, 0) is 14.3 Å². The van der Waals surface area contributed by atoms with Crippen LogP contribution in [-0.4, -0.2) is 37.1 Å². The molecule has 11 heteroatoms. The Kier molecular flexibility index (Phi) is 8.36. The molecule has 0 heterocycles. The van der Waals surface area contributed by atoms with Crippen molar-refractivity contribution in [1.29, 1.82) is 5.26 Å². The van der Waals surface area contributed by atoms with E-state index < -0.39 is 23.4 Å².